The SMILES string of the molecule is CCOC(=O)Cn1c(=NC(=O)c2ccc(C(=O)OC)cc2)sc2cc(NC(C)=O)ccc21. The van der Waals surface area contributed by atoms with Gasteiger partial charge in [-0.1, -0.05) is 11.3 Å². The van der Waals surface area contributed by atoms with Gasteiger partial charge in [0.25, 0.3) is 5.91 Å². The zero-order chi connectivity index (χ0) is 23.3. The van der Waals surface area contributed by atoms with E-state index in [-0.39, 0.29) is 24.6 Å². The summed E-state index contributed by atoms with van der Waals surface area (Å²) in [4.78, 5) is 52.3. The number of esters is 2. The summed E-state index contributed by atoms with van der Waals surface area (Å²) < 4.78 is 12.0. The van der Waals surface area contributed by atoms with Crippen LogP contribution in [0.15, 0.2) is 47.5 Å². The van der Waals surface area contributed by atoms with Gasteiger partial charge in [-0.2, -0.15) is 4.99 Å². The number of rotatable bonds is 6. The molecule has 3 aromatic rings. The normalized spacial score (nSPS) is 11.3. The minimum absolute atomic E-state index is 0.124. The first-order valence-corrected chi connectivity index (χ1v) is 10.5. The molecule has 0 atom stereocenters. The van der Waals surface area contributed by atoms with Gasteiger partial charge in [0, 0.05) is 18.2 Å². The van der Waals surface area contributed by atoms with Crippen molar-refractivity contribution in [1.29, 1.82) is 0 Å². The van der Waals surface area contributed by atoms with Gasteiger partial charge >= 0.3 is 11.9 Å². The van der Waals surface area contributed by atoms with E-state index in [1.807, 2.05) is 0 Å². The van der Waals surface area contributed by atoms with Crippen LogP contribution in [0.4, 0.5) is 5.69 Å². The predicted molar refractivity (Wildman–Crippen MR) is 118 cm³/mol. The largest absolute Gasteiger partial charge is 0.465 e. The topological polar surface area (TPSA) is 116 Å². The molecule has 1 N–H and O–H groups in total. The van der Waals surface area contributed by atoms with Crippen LogP contribution in [0.2, 0.25) is 0 Å². The highest BCUT2D eigenvalue weighted by atomic mass is 32.1. The number of carbonyl (C=O) groups excluding carboxylic acids is 4. The van der Waals surface area contributed by atoms with E-state index in [4.69, 9.17) is 4.74 Å². The smallest absolute Gasteiger partial charge is 0.337 e. The molecular formula is C22H21N3O6S. The van der Waals surface area contributed by atoms with Gasteiger partial charge in [-0.25, -0.2) is 4.79 Å². The molecule has 166 valence electrons. The molecule has 0 saturated carbocycles. The summed E-state index contributed by atoms with van der Waals surface area (Å²) >= 11 is 1.20. The molecule has 2 amide bonds. The number of hydrogen-bond acceptors (Lipinski definition) is 7. The van der Waals surface area contributed by atoms with Crippen molar-refractivity contribution in [3.8, 4) is 0 Å². The average molecular weight is 455 g/mol. The zero-order valence-corrected chi connectivity index (χ0v) is 18.5. The van der Waals surface area contributed by atoms with Gasteiger partial charge in [0.2, 0.25) is 5.91 Å². The van der Waals surface area contributed by atoms with Crippen LogP contribution in [0.1, 0.15) is 34.6 Å². The molecule has 0 saturated heterocycles. The summed E-state index contributed by atoms with van der Waals surface area (Å²) in [5, 5.41) is 2.70. The third-order valence-electron chi connectivity index (χ3n) is 4.35. The van der Waals surface area contributed by atoms with Gasteiger partial charge < -0.3 is 19.4 Å². The Morgan fingerprint density at radius 2 is 1.75 bits per heavy atom. The second kappa shape index (κ2) is 10.0. The van der Waals surface area contributed by atoms with Gasteiger partial charge in [0.1, 0.15) is 6.54 Å². The maximum absolute atomic E-state index is 12.8. The standard InChI is InChI=1S/C22H21N3O6S/c1-4-31-19(27)12-25-17-10-9-16(23-13(2)26)11-18(17)32-22(25)24-20(28)14-5-7-15(8-6-14)21(29)30-3/h5-11H,4,12H2,1-3H3,(H,23,26). The highest BCUT2D eigenvalue weighted by Gasteiger charge is 2.14. The number of ether oxygens (including phenoxy) is 2. The van der Waals surface area contributed by atoms with Crippen LogP contribution in [0.25, 0.3) is 10.2 Å². The van der Waals surface area contributed by atoms with E-state index in [1.165, 1.54) is 49.6 Å². The van der Waals surface area contributed by atoms with Crippen molar-refractivity contribution >= 4 is 51.0 Å². The Morgan fingerprint density at radius 3 is 2.38 bits per heavy atom. The minimum Gasteiger partial charge on any atom is -0.465 e. The van der Waals surface area contributed by atoms with E-state index in [9.17, 15) is 19.2 Å². The Morgan fingerprint density at radius 1 is 1.06 bits per heavy atom. The van der Waals surface area contributed by atoms with Crippen molar-refractivity contribution < 1.29 is 28.7 Å². The molecule has 1 aromatic heterocycles. The van der Waals surface area contributed by atoms with E-state index >= 15 is 0 Å². The minimum atomic E-state index is -0.535. The van der Waals surface area contributed by atoms with Crippen LogP contribution < -0.4 is 10.1 Å². The van der Waals surface area contributed by atoms with Crippen molar-refractivity contribution in [3.05, 3.63) is 58.4 Å². The molecular weight excluding hydrogens is 434 g/mol. The second-order valence-corrected chi connectivity index (χ2v) is 7.63. The average Bonchev–Trinajstić information content (AvgIpc) is 3.08. The van der Waals surface area contributed by atoms with E-state index in [2.05, 4.69) is 15.0 Å². The van der Waals surface area contributed by atoms with Gasteiger partial charge in [0.05, 0.1) is 29.5 Å². The van der Waals surface area contributed by atoms with Crippen molar-refractivity contribution in [2.24, 2.45) is 4.99 Å². The van der Waals surface area contributed by atoms with E-state index in [1.54, 1.807) is 29.7 Å². The first-order valence-electron chi connectivity index (χ1n) is 9.66. The first kappa shape index (κ1) is 22.9. The summed E-state index contributed by atoms with van der Waals surface area (Å²) in [5.74, 6) is -1.72. The Kier molecular flexibility index (Phi) is 7.16. The van der Waals surface area contributed by atoms with E-state index in [0.717, 1.165) is 4.70 Å². The fraction of sp³-hybridized carbons (Fsp3) is 0.227. The molecule has 3 rings (SSSR count). The number of amides is 2. The Bertz CT molecular complexity index is 1260. The summed E-state index contributed by atoms with van der Waals surface area (Å²) in [7, 11) is 1.28. The summed E-state index contributed by atoms with van der Waals surface area (Å²) in [5.41, 5.74) is 1.85. The van der Waals surface area contributed by atoms with Crippen molar-refractivity contribution in [3.63, 3.8) is 0 Å². The number of hydrogen-bond donors (Lipinski definition) is 1. The van der Waals surface area contributed by atoms with Crippen molar-refractivity contribution in [2.75, 3.05) is 19.0 Å². The number of aromatic nitrogens is 1. The van der Waals surface area contributed by atoms with E-state index in [0.29, 0.717) is 21.6 Å². The summed E-state index contributed by atoms with van der Waals surface area (Å²) in [6.07, 6.45) is 0. The molecule has 0 bridgehead atoms. The molecule has 0 aliphatic carbocycles. The van der Waals surface area contributed by atoms with Gasteiger partial charge in [0.15, 0.2) is 4.80 Å². The number of methoxy groups -OCH3 is 1. The maximum Gasteiger partial charge on any atom is 0.337 e. The van der Waals surface area contributed by atoms with Crippen LogP contribution in [-0.2, 0) is 25.6 Å². The van der Waals surface area contributed by atoms with Gasteiger partial charge in [-0.05, 0) is 49.4 Å². The maximum atomic E-state index is 12.8. The van der Waals surface area contributed by atoms with Gasteiger partial charge in [-0.3, -0.25) is 14.4 Å². The van der Waals surface area contributed by atoms with Crippen molar-refractivity contribution in [1.82, 2.24) is 4.57 Å². The fourth-order valence-electron chi connectivity index (χ4n) is 2.95. The molecule has 0 aliphatic rings. The zero-order valence-electron chi connectivity index (χ0n) is 17.7. The number of fused-ring (bicyclic) bond motifs is 1. The van der Waals surface area contributed by atoms with Gasteiger partial charge in [-0.15, -0.1) is 0 Å². The summed E-state index contributed by atoms with van der Waals surface area (Å²) in [6, 6.07) is 11.1. The lowest BCUT2D eigenvalue weighted by molar-refractivity contribution is -0.143. The lowest BCUT2D eigenvalue weighted by atomic mass is 10.1. The molecule has 32 heavy (non-hydrogen) atoms. The third-order valence-corrected chi connectivity index (χ3v) is 5.39. The van der Waals surface area contributed by atoms with Crippen molar-refractivity contribution in [2.45, 2.75) is 20.4 Å². The quantitative estimate of drug-likeness (QED) is 0.572. The first-order chi connectivity index (χ1) is 15.3. The highest BCUT2D eigenvalue weighted by molar-refractivity contribution is 7.16. The van der Waals surface area contributed by atoms with Crippen LogP contribution in [-0.4, -0.2) is 42.0 Å². The predicted octanol–water partition coefficient (Wildman–Crippen LogP) is 2.75. The molecule has 1 heterocycles. The number of nitrogens with zero attached hydrogens (tertiary/aromatic N) is 2. The molecule has 10 heteroatoms. The monoisotopic (exact) mass is 455 g/mol. The van der Waals surface area contributed by atoms with E-state index < -0.39 is 17.8 Å². The molecule has 0 fully saturated rings. The third kappa shape index (κ3) is 5.27. The Hall–Kier alpha value is -3.79. The molecule has 9 nitrogen and oxygen atoms in total. The molecule has 0 spiro atoms. The lowest BCUT2D eigenvalue weighted by Gasteiger charge is -2.06. The van der Waals surface area contributed by atoms with Crippen LogP contribution in [0.3, 0.4) is 0 Å². The number of nitrogens with one attached hydrogen (secondary N) is 1. The number of benzene rings is 2. The highest BCUT2D eigenvalue weighted by Crippen LogP contribution is 2.22. The molecule has 0 aliphatic heterocycles. The number of thiazole rings is 1. The Balaban J connectivity index is 2.04. The van der Waals surface area contributed by atoms with Crippen LogP contribution >= 0.6 is 11.3 Å². The molecule has 2 aromatic carbocycles. The molecule has 0 radical (unpaired) electrons. The number of anilines is 1. The van der Waals surface area contributed by atoms with Crippen LogP contribution in [0.5, 0.6) is 0 Å². The lowest BCUT2D eigenvalue weighted by Crippen LogP contribution is -2.23. The van der Waals surface area contributed by atoms with Crippen LogP contribution in [0, 0.1) is 0 Å². The summed E-state index contributed by atoms with van der Waals surface area (Å²) in [6.45, 7) is 3.22. The second-order valence-electron chi connectivity index (χ2n) is 6.63. The Labute approximate surface area is 187 Å². The molecule has 0 unspecified atom stereocenters. The fourth-order valence-corrected chi connectivity index (χ4v) is 4.01. The number of carbonyl (C=O) groups is 4.